The van der Waals surface area contributed by atoms with E-state index in [0.29, 0.717) is 22.8 Å². The molecule has 0 fully saturated rings. The fraction of sp³-hybridized carbons (Fsp3) is 0.312. The Morgan fingerprint density at radius 1 is 1.46 bits per heavy atom. The van der Waals surface area contributed by atoms with Crippen LogP contribution in [0.5, 0.6) is 0 Å². The summed E-state index contributed by atoms with van der Waals surface area (Å²) in [6.07, 6.45) is 1.50. The van der Waals surface area contributed by atoms with E-state index in [1.165, 1.54) is 15.9 Å². The Kier molecular flexibility index (Phi) is 4.66. The van der Waals surface area contributed by atoms with E-state index >= 15 is 0 Å². The van der Waals surface area contributed by atoms with E-state index in [1.807, 2.05) is 5.38 Å². The maximum Gasteiger partial charge on any atom is 0.420 e. The molecular formula is C16H18N4O3S. The number of para-hydroxylation sites is 2. The third kappa shape index (κ3) is 3.33. The Morgan fingerprint density at radius 3 is 3.00 bits per heavy atom. The van der Waals surface area contributed by atoms with Crippen LogP contribution in [0.3, 0.4) is 0 Å². The van der Waals surface area contributed by atoms with E-state index in [4.69, 9.17) is 10.2 Å². The van der Waals surface area contributed by atoms with Crippen LogP contribution < -0.4 is 16.8 Å². The van der Waals surface area contributed by atoms with Crippen LogP contribution in [-0.4, -0.2) is 22.0 Å². The molecule has 2 aromatic heterocycles. The molecule has 0 bridgehead atoms. The third-order valence-corrected chi connectivity index (χ3v) is 4.49. The zero-order chi connectivity index (χ0) is 17.1. The molecule has 0 spiro atoms. The van der Waals surface area contributed by atoms with Crippen LogP contribution in [0.1, 0.15) is 25.1 Å². The number of fused-ring (bicyclic) bond motifs is 1. The quantitative estimate of drug-likeness (QED) is 0.664. The first-order valence-corrected chi connectivity index (χ1v) is 8.52. The van der Waals surface area contributed by atoms with Crippen LogP contribution >= 0.6 is 11.3 Å². The second-order valence-electron chi connectivity index (χ2n) is 5.45. The summed E-state index contributed by atoms with van der Waals surface area (Å²) in [5, 5.41) is 5.31. The molecule has 3 aromatic rings. The topological polar surface area (TPSA) is 103 Å². The van der Waals surface area contributed by atoms with Crippen molar-refractivity contribution in [3.63, 3.8) is 0 Å². The number of nitrogens with one attached hydrogen (secondary N) is 1. The first-order chi connectivity index (χ1) is 11.6. The molecule has 3 N–H and O–H groups in total. The van der Waals surface area contributed by atoms with Crippen LogP contribution in [0.15, 0.2) is 38.9 Å². The summed E-state index contributed by atoms with van der Waals surface area (Å²) < 4.78 is 6.53. The predicted molar refractivity (Wildman–Crippen MR) is 93.0 cm³/mol. The number of benzene rings is 1. The molecule has 0 saturated heterocycles. The minimum Gasteiger partial charge on any atom is -0.408 e. The van der Waals surface area contributed by atoms with Crippen molar-refractivity contribution in [1.82, 2.24) is 14.9 Å². The number of thiazole rings is 1. The average molecular weight is 346 g/mol. The molecule has 24 heavy (non-hydrogen) atoms. The maximum atomic E-state index is 12.3. The number of oxazole rings is 1. The van der Waals surface area contributed by atoms with Gasteiger partial charge in [-0.3, -0.25) is 9.36 Å². The predicted octanol–water partition coefficient (Wildman–Crippen LogP) is 1.94. The monoisotopic (exact) mass is 346 g/mol. The van der Waals surface area contributed by atoms with Gasteiger partial charge in [-0.05, 0) is 31.9 Å². The summed E-state index contributed by atoms with van der Waals surface area (Å²) in [6.45, 7) is 2.19. The smallest absolute Gasteiger partial charge is 0.408 e. The number of nitrogens with two attached hydrogens (primary N) is 1. The Bertz CT molecular complexity index is 911. The highest BCUT2D eigenvalue weighted by molar-refractivity contribution is 7.13. The molecule has 0 radical (unpaired) electrons. The summed E-state index contributed by atoms with van der Waals surface area (Å²) >= 11 is 1.41. The van der Waals surface area contributed by atoms with Gasteiger partial charge in [0, 0.05) is 11.9 Å². The van der Waals surface area contributed by atoms with Crippen molar-refractivity contribution in [2.45, 2.75) is 25.8 Å². The van der Waals surface area contributed by atoms with Gasteiger partial charge in [-0.2, -0.15) is 0 Å². The van der Waals surface area contributed by atoms with Gasteiger partial charge < -0.3 is 15.5 Å². The van der Waals surface area contributed by atoms with Crippen molar-refractivity contribution < 1.29 is 9.21 Å². The first kappa shape index (κ1) is 16.3. The van der Waals surface area contributed by atoms with Gasteiger partial charge in [-0.25, -0.2) is 9.78 Å². The summed E-state index contributed by atoms with van der Waals surface area (Å²) in [5.41, 5.74) is 7.60. The molecule has 3 rings (SSSR count). The van der Waals surface area contributed by atoms with Gasteiger partial charge in [0.1, 0.15) is 6.04 Å². The van der Waals surface area contributed by atoms with E-state index in [-0.39, 0.29) is 5.91 Å². The number of hydrogen-bond acceptors (Lipinski definition) is 6. The molecule has 0 saturated carbocycles. The lowest BCUT2D eigenvalue weighted by Crippen LogP contribution is -2.35. The largest absolute Gasteiger partial charge is 0.420 e. The van der Waals surface area contributed by atoms with Crippen LogP contribution in [0.2, 0.25) is 0 Å². The number of carbonyl (C=O) groups is 1. The average Bonchev–Trinajstić information content (AvgIpc) is 3.12. The molecule has 7 nitrogen and oxygen atoms in total. The van der Waals surface area contributed by atoms with Gasteiger partial charge >= 0.3 is 5.76 Å². The van der Waals surface area contributed by atoms with Crippen molar-refractivity contribution >= 4 is 33.5 Å². The fourth-order valence-electron chi connectivity index (χ4n) is 2.53. The highest BCUT2D eigenvalue weighted by Crippen LogP contribution is 2.16. The number of rotatable bonds is 6. The summed E-state index contributed by atoms with van der Waals surface area (Å²) in [6, 6.07) is 6.41. The molecular weight excluding hydrogens is 328 g/mol. The molecule has 0 aliphatic carbocycles. The molecule has 8 heteroatoms. The molecule has 0 aliphatic rings. The van der Waals surface area contributed by atoms with Gasteiger partial charge in [0.05, 0.1) is 11.2 Å². The van der Waals surface area contributed by atoms with E-state index in [9.17, 15) is 9.59 Å². The van der Waals surface area contributed by atoms with Gasteiger partial charge in [-0.1, -0.05) is 12.1 Å². The lowest BCUT2D eigenvalue weighted by Gasteiger charge is -2.13. The lowest BCUT2D eigenvalue weighted by molar-refractivity contribution is -0.123. The van der Waals surface area contributed by atoms with Crippen LogP contribution in [0.4, 0.5) is 5.13 Å². The first-order valence-electron chi connectivity index (χ1n) is 7.64. The van der Waals surface area contributed by atoms with Crippen molar-refractivity contribution in [2.24, 2.45) is 0 Å². The number of carbonyl (C=O) groups excluding carboxylic acids is 1. The number of anilines is 1. The van der Waals surface area contributed by atoms with Crippen LogP contribution in [-0.2, 0) is 11.2 Å². The maximum absolute atomic E-state index is 12.3. The normalized spacial score (nSPS) is 12.4. The number of hydrogen-bond donors (Lipinski definition) is 2. The van der Waals surface area contributed by atoms with Crippen molar-refractivity contribution in [3.8, 4) is 0 Å². The summed E-state index contributed by atoms with van der Waals surface area (Å²) in [5.74, 6) is -0.752. The molecule has 0 aliphatic heterocycles. The van der Waals surface area contributed by atoms with Gasteiger partial charge in [0.25, 0.3) is 0 Å². The number of amides is 1. The van der Waals surface area contributed by atoms with Gasteiger partial charge in [0.2, 0.25) is 5.91 Å². The number of aryl methyl sites for hydroxylation is 1. The number of nitrogens with zero attached hydrogens (tertiary/aromatic N) is 2. The summed E-state index contributed by atoms with van der Waals surface area (Å²) in [4.78, 5) is 28.5. The molecule has 1 unspecified atom stereocenters. The molecule has 1 aromatic carbocycles. The highest BCUT2D eigenvalue weighted by Gasteiger charge is 2.20. The lowest BCUT2D eigenvalue weighted by atomic mass is 10.2. The van der Waals surface area contributed by atoms with Crippen LogP contribution in [0, 0.1) is 0 Å². The van der Waals surface area contributed by atoms with Crippen molar-refractivity contribution in [3.05, 3.63) is 45.9 Å². The fourth-order valence-corrected chi connectivity index (χ4v) is 3.13. The molecule has 1 amide bonds. The van der Waals surface area contributed by atoms with E-state index < -0.39 is 11.8 Å². The SMILES string of the molecule is CC(C(=O)NCCCc1csc(N)n1)n1c(=O)oc2ccccc21. The minimum atomic E-state index is -0.643. The Balaban J connectivity index is 1.60. The zero-order valence-corrected chi connectivity index (χ0v) is 14.0. The minimum absolute atomic E-state index is 0.221. The number of aromatic nitrogens is 2. The van der Waals surface area contributed by atoms with Crippen molar-refractivity contribution in [2.75, 3.05) is 12.3 Å². The van der Waals surface area contributed by atoms with Gasteiger partial charge in [-0.15, -0.1) is 11.3 Å². The molecule has 2 heterocycles. The number of nitrogen functional groups attached to an aromatic ring is 1. The third-order valence-electron chi connectivity index (χ3n) is 3.76. The van der Waals surface area contributed by atoms with E-state index in [1.54, 1.807) is 31.2 Å². The summed E-state index contributed by atoms with van der Waals surface area (Å²) in [7, 11) is 0. The standard InChI is InChI=1S/C16H18N4O3S/c1-10(20-12-6-2-3-7-13(12)23-16(20)22)14(21)18-8-4-5-11-9-24-15(17)19-11/h2-3,6-7,9-10H,4-5,8H2,1H3,(H2,17,19)(H,18,21). The Hall–Kier alpha value is -2.61. The van der Waals surface area contributed by atoms with Crippen LogP contribution in [0.25, 0.3) is 11.1 Å². The zero-order valence-electron chi connectivity index (χ0n) is 13.2. The second-order valence-corrected chi connectivity index (χ2v) is 6.34. The second kappa shape index (κ2) is 6.88. The van der Waals surface area contributed by atoms with Crippen molar-refractivity contribution in [1.29, 1.82) is 0 Å². The molecule has 1 atom stereocenters. The molecule has 126 valence electrons. The Labute approximate surface area is 142 Å². The van der Waals surface area contributed by atoms with E-state index in [2.05, 4.69) is 10.3 Å². The highest BCUT2D eigenvalue weighted by atomic mass is 32.1. The Morgan fingerprint density at radius 2 is 2.25 bits per heavy atom. The van der Waals surface area contributed by atoms with Gasteiger partial charge in [0.15, 0.2) is 10.7 Å². The van der Waals surface area contributed by atoms with E-state index in [0.717, 1.165) is 18.5 Å².